The van der Waals surface area contributed by atoms with E-state index in [9.17, 15) is 0 Å². The van der Waals surface area contributed by atoms with Gasteiger partial charge in [0.05, 0.1) is 6.54 Å². The summed E-state index contributed by atoms with van der Waals surface area (Å²) in [5.74, 6) is 0. The largest absolute Gasteiger partial charge is 0.382 e. The van der Waals surface area contributed by atoms with E-state index in [1.807, 2.05) is 4.68 Å². The van der Waals surface area contributed by atoms with E-state index in [1.165, 1.54) is 17.7 Å². The van der Waals surface area contributed by atoms with E-state index in [0.717, 1.165) is 32.6 Å². The molecule has 1 fully saturated rings. The van der Waals surface area contributed by atoms with Crippen LogP contribution in [0.5, 0.6) is 0 Å². The average molecular weight is 272 g/mol. The van der Waals surface area contributed by atoms with Crippen LogP contribution in [0.15, 0.2) is 36.9 Å². The van der Waals surface area contributed by atoms with Crippen LogP contribution in [0.4, 0.5) is 5.69 Å². The third-order valence-electron chi connectivity index (χ3n) is 3.56. The van der Waals surface area contributed by atoms with Crippen molar-refractivity contribution >= 4 is 5.69 Å². The third-order valence-corrected chi connectivity index (χ3v) is 3.56. The Hall–Kier alpha value is -1.88. The Morgan fingerprint density at radius 1 is 1.30 bits per heavy atom. The van der Waals surface area contributed by atoms with Gasteiger partial charge in [-0.25, -0.2) is 9.67 Å². The molecule has 2 heterocycles. The van der Waals surface area contributed by atoms with Crippen molar-refractivity contribution in [3.8, 4) is 0 Å². The monoisotopic (exact) mass is 272 g/mol. The molecule has 0 spiro atoms. The van der Waals surface area contributed by atoms with Crippen molar-refractivity contribution in [3.63, 3.8) is 0 Å². The van der Waals surface area contributed by atoms with Crippen LogP contribution in [0.25, 0.3) is 0 Å². The summed E-state index contributed by atoms with van der Waals surface area (Å²) >= 11 is 0. The molecule has 1 N–H and O–H groups in total. The van der Waals surface area contributed by atoms with Crippen molar-refractivity contribution < 1.29 is 4.74 Å². The van der Waals surface area contributed by atoms with Crippen molar-refractivity contribution in [2.24, 2.45) is 0 Å². The van der Waals surface area contributed by atoms with Gasteiger partial charge in [-0.3, -0.25) is 0 Å². The van der Waals surface area contributed by atoms with Gasteiger partial charge in [0, 0.05) is 24.9 Å². The highest BCUT2D eigenvalue weighted by molar-refractivity contribution is 5.46. The van der Waals surface area contributed by atoms with Crippen LogP contribution in [0, 0.1) is 0 Å². The summed E-state index contributed by atoms with van der Waals surface area (Å²) in [5, 5.41) is 7.75. The molecule has 1 aromatic carbocycles. The molecular weight excluding hydrogens is 252 g/mol. The molecule has 20 heavy (non-hydrogen) atoms. The Bertz CT molecular complexity index is 518. The van der Waals surface area contributed by atoms with Gasteiger partial charge in [0.1, 0.15) is 12.7 Å². The SMILES string of the molecule is c1cc(Cn2cncn2)cc(NC2CCCOCC2)c1. The summed E-state index contributed by atoms with van der Waals surface area (Å²) in [5.41, 5.74) is 2.40. The van der Waals surface area contributed by atoms with Gasteiger partial charge in [-0.2, -0.15) is 5.10 Å². The Kier molecular flexibility index (Phi) is 4.28. The molecule has 3 rings (SSSR count). The summed E-state index contributed by atoms with van der Waals surface area (Å²) in [6.07, 6.45) is 6.69. The molecule has 0 aliphatic carbocycles. The van der Waals surface area contributed by atoms with Gasteiger partial charge in [0.15, 0.2) is 0 Å². The lowest BCUT2D eigenvalue weighted by Crippen LogP contribution is -2.19. The normalized spacial score (nSPS) is 19.5. The van der Waals surface area contributed by atoms with Crippen molar-refractivity contribution in [2.45, 2.75) is 31.8 Å². The van der Waals surface area contributed by atoms with Gasteiger partial charge in [-0.1, -0.05) is 12.1 Å². The Morgan fingerprint density at radius 2 is 2.30 bits per heavy atom. The summed E-state index contributed by atoms with van der Waals surface area (Å²) in [6.45, 7) is 2.50. The standard InChI is InChI=1S/C15H20N4O/c1-3-13(10-19-12-16-11-17-19)9-15(4-1)18-14-5-2-7-20-8-6-14/h1,3-4,9,11-12,14,18H,2,5-8,10H2. The summed E-state index contributed by atoms with van der Waals surface area (Å²) < 4.78 is 7.33. The van der Waals surface area contributed by atoms with E-state index in [0.29, 0.717) is 6.04 Å². The molecule has 0 saturated carbocycles. The van der Waals surface area contributed by atoms with Gasteiger partial charge in [0.2, 0.25) is 0 Å². The first-order valence-corrected chi connectivity index (χ1v) is 7.16. The number of nitrogens with one attached hydrogen (secondary N) is 1. The van der Waals surface area contributed by atoms with Crippen molar-refractivity contribution in [3.05, 3.63) is 42.5 Å². The summed E-state index contributed by atoms with van der Waals surface area (Å²) in [7, 11) is 0. The number of ether oxygens (including phenoxy) is 1. The zero-order chi connectivity index (χ0) is 13.6. The first kappa shape index (κ1) is 13.1. The van der Waals surface area contributed by atoms with Crippen molar-refractivity contribution in [1.82, 2.24) is 14.8 Å². The van der Waals surface area contributed by atoms with Crippen LogP contribution in [0.3, 0.4) is 0 Å². The van der Waals surface area contributed by atoms with E-state index < -0.39 is 0 Å². The molecule has 1 saturated heterocycles. The zero-order valence-electron chi connectivity index (χ0n) is 11.5. The lowest BCUT2D eigenvalue weighted by Gasteiger charge is -2.17. The van der Waals surface area contributed by atoms with Crippen LogP contribution in [-0.2, 0) is 11.3 Å². The van der Waals surface area contributed by atoms with E-state index >= 15 is 0 Å². The molecule has 1 unspecified atom stereocenters. The molecule has 0 amide bonds. The van der Waals surface area contributed by atoms with Crippen LogP contribution < -0.4 is 5.32 Å². The van der Waals surface area contributed by atoms with Gasteiger partial charge < -0.3 is 10.1 Å². The molecule has 1 aliphatic rings. The summed E-state index contributed by atoms with van der Waals surface area (Å²) in [4.78, 5) is 3.97. The van der Waals surface area contributed by atoms with Gasteiger partial charge >= 0.3 is 0 Å². The lowest BCUT2D eigenvalue weighted by molar-refractivity contribution is 0.144. The topological polar surface area (TPSA) is 52.0 Å². The fraction of sp³-hybridized carbons (Fsp3) is 0.467. The Balaban J connectivity index is 1.64. The van der Waals surface area contributed by atoms with Gasteiger partial charge in [-0.15, -0.1) is 0 Å². The average Bonchev–Trinajstić information content (AvgIpc) is 2.82. The predicted octanol–water partition coefficient (Wildman–Crippen LogP) is 2.31. The highest BCUT2D eigenvalue weighted by Crippen LogP contribution is 2.17. The number of benzene rings is 1. The number of aromatic nitrogens is 3. The molecule has 5 heteroatoms. The van der Waals surface area contributed by atoms with E-state index in [2.05, 4.69) is 39.7 Å². The second kappa shape index (κ2) is 6.52. The minimum atomic E-state index is 0.513. The van der Waals surface area contributed by atoms with Gasteiger partial charge in [0.25, 0.3) is 0 Å². The first-order valence-electron chi connectivity index (χ1n) is 7.16. The fourth-order valence-corrected chi connectivity index (χ4v) is 2.54. The summed E-state index contributed by atoms with van der Waals surface area (Å²) in [6, 6.07) is 9.02. The molecule has 1 aliphatic heterocycles. The molecule has 0 bridgehead atoms. The maximum atomic E-state index is 5.50. The fourth-order valence-electron chi connectivity index (χ4n) is 2.54. The number of rotatable bonds is 4. The number of hydrogen-bond acceptors (Lipinski definition) is 4. The minimum Gasteiger partial charge on any atom is -0.382 e. The maximum absolute atomic E-state index is 5.50. The van der Waals surface area contributed by atoms with Crippen molar-refractivity contribution in [1.29, 1.82) is 0 Å². The molecule has 1 aromatic heterocycles. The lowest BCUT2D eigenvalue weighted by atomic mass is 10.1. The minimum absolute atomic E-state index is 0.513. The zero-order valence-corrected chi connectivity index (χ0v) is 11.5. The maximum Gasteiger partial charge on any atom is 0.137 e. The number of nitrogens with zero attached hydrogens (tertiary/aromatic N) is 3. The molecule has 106 valence electrons. The highest BCUT2D eigenvalue weighted by atomic mass is 16.5. The highest BCUT2D eigenvalue weighted by Gasteiger charge is 2.12. The third kappa shape index (κ3) is 3.57. The van der Waals surface area contributed by atoms with Gasteiger partial charge in [-0.05, 0) is 37.0 Å². The van der Waals surface area contributed by atoms with E-state index in [-0.39, 0.29) is 0 Å². The molecule has 2 aromatic rings. The van der Waals surface area contributed by atoms with E-state index in [1.54, 1.807) is 12.7 Å². The van der Waals surface area contributed by atoms with Crippen LogP contribution in [-0.4, -0.2) is 34.0 Å². The molecule has 5 nitrogen and oxygen atoms in total. The molecule has 1 atom stereocenters. The second-order valence-electron chi connectivity index (χ2n) is 5.18. The van der Waals surface area contributed by atoms with Crippen LogP contribution >= 0.6 is 0 Å². The predicted molar refractivity (Wildman–Crippen MR) is 77.6 cm³/mol. The Morgan fingerprint density at radius 3 is 3.20 bits per heavy atom. The molecule has 0 radical (unpaired) electrons. The van der Waals surface area contributed by atoms with Crippen LogP contribution in [0.1, 0.15) is 24.8 Å². The second-order valence-corrected chi connectivity index (χ2v) is 5.18. The quantitative estimate of drug-likeness (QED) is 0.928. The number of hydrogen-bond donors (Lipinski definition) is 1. The van der Waals surface area contributed by atoms with Crippen molar-refractivity contribution in [2.75, 3.05) is 18.5 Å². The smallest absolute Gasteiger partial charge is 0.137 e. The van der Waals surface area contributed by atoms with Crippen LogP contribution in [0.2, 0.25) is 0 Å². The number of anilines is 1. The van der Waals surface area contributed by atoms with E-state index in [4.69, 9.17) is 4.74 Å². The first-order chi connectivity index (χ1) is 9.90. The molecular formula is C15H20N4O. The Labute approximate surface area is 119 Å².